The van der Waals surface area contributed by atoms with Gasteiger partial charge >= 0.3 is 0 Å². The molecular formula is C21H18ClN5O2. The minimum atomic E-state index is -0.494. The van der Waals surface area contributed by atoms with Gasteiger partial charge in [0.15, 0.2) is 5.82 Å². The number of allylic oxidation sites excluding steroid dienone is 1. The fraction of sp³-hybridized carbons (Fsp3) is 0.143. The number of phenols is 1. The van der Waals surface area contributed by atoms with Gasteiger partial charge in [0.25, 0.3) is 5.91 Å². The number of phenolic OH excluding ortho intramolecular Hbond substituents is 1. The maximum absolute atomic E-state index is 12.1. The SMILES string of the molecule is Cc1nn(-c2ccccn2)c2c1C(Cl)=C(C=NNC(=O)c1ccccc1O)CC2. The molecule has 0 saturated carbocycles. The van der Waals surface area contributed by atoms with Crippen LogP contribution in [0.1, 0.15) is 33.7 Å². The number of pyridine rings is 1. The van der Waals surface area contributed by atoms with Crippen molar-refractivity contribution in [3.63, 3.8) is 0 Å². The first-order chi connectivity index (χ1) is 14.1. The highest BCUT2D eigenvalue weighted by Gasteiger charge is 2.25. The lowest BCUT2D eigenvalue weighted by atomic mass is 9.96. The van der Waals surface area contributed by atoms with Crippen LogP contribution in [0.5, 0.6) is 5.75 Å². The number of aryl methyl sites for hydroxylation is 1. The van der Waals surface area contributed by atoms with Gasteiger partial charge in [-0.1, -0.05) is 29.8 Å². The molecule has 0 aliphatic heterocycles. The van der Waals surface area contributed by atoms with E-state index in [1.165, 1.54) is 12.1 Å². The van der Waals surface area contributed by atoms with Crippen molar-refractivity contribution >= 4 is 28.8 Å². The highest BCUT2D eigenvalue weighted by molar-refractivity contribution is 6.51. The van der Waals surface area contributed by atoms with Crippen LogP contribution in [0.15, 0.2) is 59.3 Å². The first-order valence-corrected chi connectivity index (χ1v) is 9.44. The Labute approximate surface area is 172 Å². The van der Waals surface area contributed by atoms with Crippen molar-refractivity contribution in [3.8, 4) is 11.6 Å². The summed E-state index contributed by atoms with van der Waals surface area (Å²) in [6.45, 7) is 1.90. The Kier molecular flexibility index (Phi) is 5.14. The van der Waals surface area contributed by atoms with Gasteiger partial charge in [0, 0.05) is 11.8 Å². The number of carbonyl (C=O) groups is 1. The van der Waals surface area contributed by atoms with E-state index < -0.39 is 5.91 Å². The number of hydrogen-bond acceptors (Lipinski definition) is 5. The summed E-state index contributed by atoms with van der Waals surface area (Å²) < 4.78 is 1.82. The van der Waals surface area contributed by atoms with Gasteiger partial charge in [0.1, 0.15) is 5.75 Å². The molecule has 7 nitrogen and oxygen atoms in total. The minimum absolute atomic E-state index is 0.0997. The number of para-hydroxylation sites is 1. The highest BCUT2D eigenvalue weighted by atomic mass is 35.5. The first kappa shape index (κ1) is 18.9. The van der Waals surface area contributed by atoms with E-state index in [2.05, 4.69) is 20.6 Å². The van der Waals surface area contributed by atoms with Crippen molar-refractivity contribution in [2.75, 3.05) is 0 Å². The van der Waals surface area contributed by atoms with Gasteiger partial charge in [-0.2, -0.15) is 10.2 Å². The molecule has 0 spiro atoms. The predicted molar refractivity (Wildman–Crippen MR) is 111 cm³/mol. The zero-order valence-electron chi connectivity index (χ0n) is 15.6. The van der Waals surface area contributed by atoms with Gasteiger partial charge in [-0.05, 0) is 49.6 Å². The normalized spacial score (nSPS) is 13.6. The van der Waals surface area contributed by atoms with Gasteiger partial charge in [-0.3, -0.25) is 4.79 Å². The average molecular weight is 408 g/mol. The molecule has 2 aromatic heterocycles. The monoisotopic (exact) mass is 407 g/mol. The van der Waals surface area contributed by atoms with Crippen molar-refractivity contribution in [1.82, 2.24) is 20.2 Å². The third kappa shape index (κ3) is 3.64. The molecule has 8 heteroatoms. The van der Waals surface area contributed by atoms with Crippen LogP contribution >= 0.6 is 11.6 Å². The van der Waals surface area contributed by atoms with E-state index in [1.807, 2.05) is 29.8 Å². The average Bonchev–Trinajstić information content (AvgIpc) is 3.08. The van der Waals surface area contributed by atoms with Crippen LogP contribution in [0.25, 0.3) is 10.9 Å². The van der Waals surface area contributed by atoms with Gasteiger partial charge in [0.05, 0.1) is 28.2 Å². The molecule has 146 valence electrons. The zero-order chi connectivity index (χ0) is 20.4. The lowest BCUT2D eigenvalue weighted by Gasteiger charge is -2.16. The highest BCUT2D eigenvalue weighted by Crippen LogP contribution is 2.36. The number of rotatable bonds is 4. The number of nitrogens with one attached hydrogen (secondary N) is 1. The maximum Gasteiger partial charge on any atom is 0.275 e. The second-order valence-corrected chi connectivity index (χ2v) is 6.94. The van der Waals surface area contributed by atoms with Crippen LogP contribution in [0.3, 0.4) is 0 Å². The topological polar surface area (TPSA) is 92.4 Å². The molecule has 2 N–H and O–H groups in total. The molecule has 3 aromatic rings. The van der Waals surface area contributed by atoms with Crippen LogP contribution in [-0.2, 0) is 6.42 Å². The molecule has 1 aliphatic rings. The predicted octanol–water partition coefficient (Wildman–Crippen LogP) is 3.59. The smallest absolute Gasteiger partial charge is 0.275 e. The molecule has 0 atom stereocenters. The largest absolute Gasteiger partial charge is 0.507 e. The third-order valence-corrected chi connectivity index (χ3v) is 5.12. The molecule has 1 aliphatic carbocycles. The van der Waals surface area contributed by atoms with E-state index in [4.69, 9.17) is 11.6 Å². The van der Waals surface area contributed by atoms with Crippen molar-refractivity contribution < 1.29 is 9.90 Å². The molecule has 0 saturated heterocycles. The summed E-state index contributed by atoms with van der Waals surface area (Å²) in [5.41, 5.74) is 6.06. The van der Waals surface area contributed by atoms with Gasteiger partial charge in [-0.25, -0.2) is 15.1 Å². The standard InChI is InChI=1S/C21H18ClN5O2/c1-13-19-16(27(26-13)18-8-4-5-11-23-18)10-9-14(20(19)22)12-24-25-21(29)15-6-2-3-7-17(15)28/h2-8,11-12,28H,9-10H2,1H3,(H,25,29). The van der Waals surface area contributed by atoms with Crippen LogP contribution in [-0.4, -0.2) is 32.0 Å². The Morgan fingerprint density at radius 3 is 2.79 bits per heavy atom. The number of aromatic hydroxyl groups is 1. The van der Waals surface area contributed by atoms with E-state index in [0.717, 1.165) is 34.8 Å². The number of halogens is 1. The molecule has 1 amide bonds. The first-order valence-electron chi connectivity index (χ1n) is 9.06. The van der Waals surface area contributed by atoms with Crippen LogP contribution in [0, 0.1) is 6.92 Å². The molecule has 29 heavy (non-hydrogen) atoms. The number of hydrazone groups is 1. The maximum atomic E-state index is 12.1. The summed E-state index contributed by atoms with van der Waals surface area (Å²) in [5.74, 6) is 0.150. The lowest BCUT2D eigenvalue weighted by Crippen LogP contribution is -2.18. The van der Waals surface area contributed by atoms with Gasteiger partial charge < -0.3 is 5.11 Å². The van der Waals surface area contributed by atoms with E-state index in [0.29, 0.717) is 11.5 Å². The molecule has 2 heterocycles. The zero-order valence-corrected chi connectivity index (χ0v) is 16.4. The fourth-order valence-corrected chi connectivity index (χ4v) is 3.69. The van der Waals surface area contributed by atoms with Crippen LogP contribution < -0.4 is 5.43 Å². The van der Waals surface area contributed by atoms with E-state index in [9.17, 15) is 9.90 Å². The Bertz CT molecular complexity index is 1140. The summed E-state index contributed by atoms with van der Waals surface area (Å²) in [6.07, 6.45) is 4.64. The molecule has 0 unspecified atom stereocenters. The Morgan fingerprint density at radius 2 is 2.03 bits per heavy atom. The summed E-state index contributed by atoms with van der Waals surface area (Å²) in [4.78, 5) is 16.5. The number of benzene rings is 1. The molecular weight excluding hydrogens is 390 g/mol. The number of nitrogens with zero attached hydrogens (tertiary/aromatic N) is 4. The lowest BCUT2D eigenvalue weighted by molar-refractivity contribution is 0.0952. The van der Waals surface area contributed by atoms with Crippen molar-refractivity contribution in [2.24, 2.45) is 5.10 Å². The van der Waals surface area contributed by atoms with Crippen LogP contribution in [0.4, 0.5) is 0 Å². The summed E-state index contributed by atoms with van der Waals surface area (Å²) >= 11 is 6.64. The summed E-state index contributed by atoms with van der Waals surface area (Å²) in [6, 6.07) is 12.0. The van der Waals surface area contributed by atoms with Gasteiger partial charge in [-0.15, -0.1) is 0 Å². The fourth-order valence-electron chi connectivity index (χ4n) is 3.30. The molecule has 1 aromatic carbocycles. The Balaban J connectivity index is 1.58. The number of carbonyl (C=O) groups excluding carboxylic acids is 1. The number of hydrogen-bond donors (Lipinski definition) is 2. The Hall–Kier alpha value is -3.45. The summed E-state index contributed by atoms with van der Waals surface area (Å²) in [7, 11) is 0. The number of amides is 1. The molecule has 0 fully saturated rings. The molecule has 0 bridgehead atoms. The van der Waals surface area contributed by atoms with Crippen molar-refractivity contribution in [1.29, 1.82) is 0 Å². The minimum Gasteiger partial charge on any atom is -0.507 e. The quantitative estimate of drug-likeness (QED) is 0.510. The third-order valence-electron chi connectivity index (χ3n) is 4.69. The summed E-state index contributed by atoms with van der Waals surface area (Å²) in [5, 5.41) is 18.9. The number of aromatic nitrogens is 3. The number of fused-ring (bicyclic) bond motifs is 1. The van der Waals surface area contributed by atoms with Crippen molar-refractivity contribution in [2.45, 2.75) is 19.8 Å². The second-order valence-electron chi connectivity index (χ2n) is 6.56. The van der Waals surface area contributed by atoms with E-state index in [-0.39, 0.29) is 11.3 Å². The van der Waals surface area contributed by atoms with E-state index >= 15 is 0 Å². The van der Waals surface area contributed by atoms with Crippen molar-refractivity contribution in [3.05, 3.63) is 76.7 Å². The second kappa shape index (κ2) is 7.89. The Morgan fingerprint density at radius 1 is 1.24 bits per heavy atom. The molecule has 4 rings (SSSR count). The molecule has 0 radical (unpaired) electrons. The van der Waals surface area contributed by atoms with Gasteiger partial charge in [0.2, 0.25) is 0 Å². The van der Waals surface area contributed by atoms with Crippen LogP contribution in [0.2, 0.25) is 0 Å². The van der Waals surface area contributed by atoms with E-state index in [1.54, 1.807) is 24.5 Å².